The van der Waals surface area contributed by atoms with Crippen LogP contribution >= 0.6 is 11.7 Å². The minimum absolute atomic E-state index is 0.0191. The van der Waals surface area contributed by atoms with Crippen molar-refractivity contribution in [2.75, 3.05) is 0 Å². The van der Waals surface area contributed by atoms with Gasteiger partial charge in [-0.2, -0.15) is 8.75 Å². The van der Waals surface area contributed by atoms with Crippen molar-refractivity contribution in [3.8, 4) is 16.8 Å². The fourth-order valence-corrected chi connectivity index (χ4v) is 4.79. The number of fused-ring (bicyclic) bond motifs is 4. The van der Waals surface area contributed by atoms with Gasteiger partial charge >= 0.3 is 0 Å². The molecule has 0 atom stereocenters. The van der Waals surface area contributed by atoms with Gasteiger partial charge in [0.2, 0.25) is 0 Å². The first kappa shape index (κ1) is 17.7. The number of non-ortho nitro benzene ring substituents is 1. The highest BCUT2D eigenvalue weighted by molar-refractivity contribution is 7.00. The third-order valence-electron chi connectivity index (χ3n) is 5.61. The first-order chi connectivity index (χ1) is 15.2. The van der Waals surface area contributed by atoms with Gasteiger partial charge in [-0.25, -0.2) is 0 Å². The van der Waals surface area contributed by atoms with Gasteiger partial charge in [0.15, 0.2) is 5.52 Å². The zero-order valence-electron chi connectivity index (χ0n) is 16.1. The molecule has 7 heteroatoms. The number of rotatable bonds is 3. The van der Waals surface area contributed by atoms with Crippen LogP contribution in [0, 0.1) is 10.1 Å². The van der Waals surface area contributed by atoms with Crippen LogP contribution in [0.5, 0.6) is 0 Å². The van der Waals surface area contributed by atoms with Gasteiger partial charge in [-0.1, -0.05) is 48.5 Å². The Morgan fingerprint density at radius 3 is 2.00 bits per heavy atom. The van der Waals surface area contributed by atoms with Gasteiger partial charge in [0, 0.05) is 28.1 Å². The first-order valence-corrected chi connectivity index (χ1v) is 10.4. The van der Waals surface area contributed by atoms with Crippen LogP contribution in [-0.2, 0) is 0 Å². The summed E-state index contributed by atoms with van der Waals surface area (Å²) in [6, 6.07) is 28.2. The molecule has 0 aliphatic carbocycles. The average molecular weight is 422 g/mol. The van der Waals surface area contributed by atoms with Crippen molar-refractivity contribution in [3.05, 3.63) is 95.0 Å². The number of nitro groups is 1. The molecule has 2 heterocycles. The van der Waals surface area contributed by atoms with E-state index in [0.717, 1.165) is 39.6 Å². The summed E-state index contributed by atoms with van der Waals surface area (Å²) >= 11 is 0.989. The van der Waals surface area contributed by atoms with Gasteiger partial charge < -0.3 is 4.57 Å². The quantitative estimate of drug-likeness (QED) is 0.246. The Morgan fingerprint density at radius 2 is 1.35 bits per heavy atom. The van der Waals surface area contributed by atoms with Gasteiger partial charge in [0.25, 0.3) is 5.69 Å². The summed E-state index contributed by atoms with van der Waals surface area (Å²) in [4.78, 5) is 10.9. The summed E-state index contributed by atoms with van der Waals surface area (Å²) in [7, 11) is 0. The summed E-state index contributed by atoms with van der Waals surface area (Å²) < 4.78 is 10.7. The van der Waals surface area contributed by atoms with Gasteiger partial charge in [-0.05, 0) is 35.9 Å². The lowest BCUT2D eigenvalue weighted by Gasteiger charge is -2.09. The topological polar surface area (TPSA) is 73.8 Å². The molecule has 0 unspecified atom stereocenters. The number of hydrogen-bond donors (Lipinski definition) is 0. The molecule has 0 N–H and O–H groups in total. The van der Waals surface area contributed by atoms with Crippen LogP contribution in [0.15, 0.2) is 84.9 Å². The summed E-state index contributed by atoms with van der Waals surface area (Å²) in [5.41, 5.74) is 6.00. The van der Waals surface area contributed by atoms with E-state index >= 15 is 0 Å². The molecule has 0 saturated carbocycles. The van der Waals surface area contributed by atoms with E-state index in [2.05, 4.69) is 74.0 Å². The van der Waals surface area contributed by atoms with Crippen LogP contribution < -0.4 is 0 Å². The van der Waals surface area contributed by atoms with Gasteiger partial charge in [-0.3, -0.25) is 10.1 Å². The molecule has 0 amide bonds. The molecule has 31 heavy (non-hydrogen) atoms. The van der Waals surface area contributed by atoms with E-state index in [1.165, 1.54) is 16.8 Å². The molecule has 0 bridgehead atoms. The molecule has 0 radical (unpaired) electrons. The number of benzene rings is 4. The molecule has 2 aromatic heterocycles. The average Bonchev–Trinajstić information content (AvgIpc) is 3.42. The normalized spacial score (nSPS) is 11.5. The van der Waals surface area contributed by atoms with E-state index in [1.807, 2.05) is 12.1 Å². The second-order valence-corrected chi connectivity index (χ2v) is 7.80. The van der Waals surface area contributed by atoms with Gasteiger partial charge in [0.05, 0.1) is 27.7 Å². The number of nitrogens with zero attached hydrogens (tertiary/aromatic N) is 4. The zero-order valence-corrected chi connectivity index (χ0v) is 16.9. The van der Waals surface area contributed by atoms with Crippen LogP contribution in [0.1, 0.15) is 0 Å². The molecular formula is C24H14N4O2S. The lowest BCUT2D eigenvalue weighted by atomic mass is 10.0. The minimum Gasteiger partial charge on any atom is -0.309 e. The van der Waals surface area contributed by atoms with Crippen molar-refractivity contribution < 1.29 is 4.92 Å². The molecule has 6 rings (SSSR count). The van der Waals surface area contributed by atoms with E-state index in [0.29, 0.717) is 11.0 Å². The second kappa shape index (κ2) is 6.72. The smallest absolute Gasteiger partial charge is 0.298 e. The number of para-hydroxylation sites is 2. The summed E-state index contributed by atoms with van der Waals surface area (Å²) in [5, 5.41) is 13.7. The molecule has 148 valence electrons. The highest BCUT2D eigenvalue weighted by atomic mass is 32.1. The Morgan fingerprint density at radius 1 is 0.742 bits per heavy atom. The summed E-state index contributed by atoms with van der Waals surface area (Å²) in [6.45, 7) is 0. The van der Waals surface area contributed by atoms with Crippen molar-refractivity contribution in [1.29, 1.82) is 0 Å². The molecule has 4 aromatic carbocycles. The predicted molar refractivity (Wildman–Crippen MR) is 124 cm³/mol. The lowest BCUT2D eigenvalue weighted by molar-refractivity contribution is -0.383. The molecule has 6 nitrogen and oxygen atoms in total. The molecule has 0 fully saturated rings. The summed E-state index contributed by atoms with van der Waals surface area (Å²) in [5.74, 6) is 0. The van der Waals surface area contributed by atoms with Crippen molar-refractivity contribution >= 4 is 50.3 Å². The molecule has 0 saturated heterocycles. The van der Waals surface area contributed by atoms with Crippen molar-refractivity contribution in [2.24, 2.45) is 0 Å². The van der Waals surface area contributed by atoms with Crippen LogP contribution in [0.2, 0.25) is 0 Å². The number of hydrogen-bond acceptors (Lipinski definition) is 5. The molecule has 6 aromatic rings. The fraction of sp³-hybridized carbons (Fsp3) is 0. The highest BCUT2D eigenvalue weighted by Crippen LogP contribution is 2.35. The predicted octanol–water partition coefficient (Wildman–Crippen LogP) is 6.36. The van der Waals surface area contributed by atoms with E-state index in [1.54, 1.807) is 6.07 Å². The Balaban J connectivity index is 1.52. The molecule has 0 spiro atoms. The van der Waals surface area contributed by atoms with E-state index in [4.69, 9.17) is 0 Å². The fourth-order valence-electron chi connectivity index (χ4n) is 4.22. The van der Waals surface area contributed by atoms with Crippen molar-refractivity contribution in [2.45, 2.75) is 0 Å². The largest absolute Gasteiger partial charge is 0.309 e. The SMILES string of the molecule is O=[N+]([O-])c1ccc(-c2ccc(-n3c4ccccc4c4ccccc43)cc2)c2nsnc12. The minimum atomic E-state index is -0.418. The van der Waals surface area contributed by atoms with E-state index in [-0.39, 0.29) is 5.69 Å². The molecule has 0 aliphatic heterocycles. The second-order valence-electron chi connectivity index (χ2n) is 7.27. The third kappa shape index (κ3) is 2.64. The first-order valence-electron chi connectivity index (χ1n) is 9.71. The highest BCUT2D eigenvalue weighted by Gasteiger charge is 2.19. The van der Waals surface area contributed by atoms with E-state index in [9.17, 15) is 10.1 Å². The van der Waals surface area contributed by atoms with Crippen molar-refractivity contribution in [1.82, 2.24) is 13.3 Å². The summed E-state index contributed by atoms with van der Waals surface area (Å²) in [6.07, 6.45) is 0. The zero-order chi connectivity index (χ0) is 20.9. The van der Waals surface area contributed by atoms with Crippen LogP contribution in [-0.4, -0.2) is 18.2 Å². The molecule has 0 aliphatic rings. The third-order valence-corrected chi connectivity index (χ3v) is 6.14. The van der Waals surface area contributed by atoms with Crippen LogP contribution in [0.3, 0.4) is 0 Å². The molecular weight excluding hydrogens is 408 g/mol. The Bertz CT molecular complexity index is 1560. The number of aromatic nitrogens is 3. The monoisotopic (exact) mass is 422 g/mol. The Labute approximate surface area is 180 Å². The van der Waals surface area contributed by atoms with Crippen LogP contribution in [0.25, 0.3) is 49.7 Å². The maximum Gasteiger partial charge on any atom is 0.298 e. The lowest BCUT2D eigenvalue weighted by Crippen LogP contribution is -1.94. The maximum atomic E-state index is 11.3. The standard InChI is InChI=1S/C24H14N4O2S/c29-28(30)22-14-13-17(23-24(22)26-31-25-23)15-9-11-16(12-10-15)27-20-7-3-1-5-18(20)19-6-2-4-8-21(19)27/h1-14H. The van der Waals surface area contributed by atoms with Gasteiger partial charge in [-0.15, -0.1) is 0 Å². The van der Waals surface area contributed by atoms with Gasteiger partial charge in [0.1, 0.15) is 5.52 Å². The number of nitro benzene ring substituents is 1. The van der Waals surface area contributed by atoms with Crippen molar-refractivity contribution in [3.63, 3.8) is 0 Å². The maximum absolute atomic E-state index is 11.3. The van der Waals surface area contributed by atoms with E-state index < -0.39 is 4.92 Å². The Hall–Kier alpha value is -4.10. The Kier molecular flexibility index (Phi) is 3.84. The van der Waals surface area contributed by atoms with Crippen LogP contribution in [0.4, 0.5) is 5.69 Å².